The van der Waals surface area contributed by atoms with Crippen molar-refractivity contribution in [1.82, 2.24) is 10.9 Å². The third kappa shape index (κ3) is 3.38. The molecule has 9 heteroatoms. The van der Waals surface area contributed by atoms with Gasteiger partial charge in [0.15, 0.2) is 6.23 Å². The van der Waals surface area contributed by atoms with Crippen molar-refractivity contribution in [2.45, 2.75) is 18.2 Å². The quantitative estimate of drug-likeness (QED) is 0.681. The zero-order valence-electron chi connectivity index (χ0n) is 15.2. The number of nitrogens with one attached hydrogen (secondary N) is 2. The van der Waals surface area contributed by atoms with E-state index in [9.17, 15) is 9.65 Å². The maximum atomic E-state index is 13.4. The van der Waals surface area contributed by atoms with Crippen molar-refractivity contribution in [3.8, 4) is 11.8 Å². The van der Waals surface area contributed by atoms with Crippen molar-refractivity contribution in [3.05, 3.63) is 74.8 Å². The molecule has 2 aliphatic rings. The van der Waals surface area contributed by atoms with Crippen LogP contribution in [-0.4, -0.2) is 13.3 Å². The normalized spacial score (nSPS) is 25.9. The topological polar surface area (TPSA) is 92.3 Å². The number of nitriles is 1. The zero-order chi connectivity index (χ0) is 20.7. The number of nitrogens with two attached hydrogens (primary N) is 1. The Hall–Kier alpha value is -2.50. The van der Waals surface area contributed by atoms with Crippen LogP contribution in [0.4, 0.5) is 4.39 Å². The minimum atomic E-state index is -0.533. The molecule has 2 heterocycles. The molecule has 0 bridgehead atoms. The predicted octanol–water partition coefficient (Wildman–Crippen LogP) is 3.74. The monoisotopic (exact) mass is 434 g/mol. The number of methoxy groups -OCH3 is 1. The minimum Gasteiger partial charge on any atom is -0.495 e. The predicted molar refractivity (Wildman–Crippen MR) is 106 cm³/mol. The average Bonchev–Trinajstić information content (AvgIpc) is 3.10. The lowest BCUT2D eigenvalue weighted by molar-refractivity contribution is 0.0337. The van der Waals surface area contributed by atoms with Crippen molar-refractivity contribution in [2.75, 3.05) is 7.11 Å². The molecule has 0 aliphatic carbocycles. The Labute approximate surface area is 177 Å². The summed E-state index contributed by atoms with van der Waals surface area (Å²) in [6.07, 6.45) is -0.533. The third-order valence-corrected chi connectivity index (χ3v) is 5.76. The molecule has 4 unspecified atom stereocenters. The van der Waals surface area contributed by atoms with Crippen molar-refractivity contribution in [3.63, 3.8) is 0 Å². The summed E-state index contributed by atoms with van der Waals surface area (Å²) < 4.78 is 24.7. The van der Waals surface area contributed by atoms with Crippen LogP contribution in [0.1, 0.15) is 23.1 Å². The Kier molecular flexibility index (Phi) is 5.28. The fraction of sp³-hybridized carbons (Fsp3) is 0.250. The fourth-order valence-electron chi connectivity index (χ4n) is 4.05. The molecule has 0 spiro atoms. The summed E-state index contributed by atoms with van der Waals surface area (Å²) in [4.78, 5) is 0. The van der Waals surface area contributed by atoms with Crippen molar-refractivity contribution >= 4 is 23.2 Å². The number of hydrogen-bond donors (Lipinski definition) is 3. The van der Waals surface area contributed by atoms with E-state index in [0.29, 0.717) is 21.4 Å². The maximum Gasteiger partial charge on any atom is 0.200 e. The first-order valence-corrected chi connectivity index (χ1v) is 9.56. The van der Waals surface area contributed by atoms with Crippen LogP contribution in [0.3, 0.4) is 0 Å². The van der Waals surface area contributed by atoms with E-state index in [4.69, 9.17) is 38.4 Å². The van der Waals surface area contributed by atoms with E-state index >= 15 is 0 Å². The van der Waals surface area contributed by atoms with E-state index in [1.165, 1.54) is 19.2 Å². The first-order valence-electron chi connectivity index (χ1n) is 8.80. The largest absolute Gasteiger partial charge is 0.495 e. The Balaban J connectivity index is 1.90. The lowest BCUT2D eigenvalue weighted by Gasteiger charge is -2.36. The maximum absolute atomic E-state index is 13.4. The molecule has 2 aliphatic heterocycles. The van der Waals surface area contributed by atoms with Crippen LogP contribution in [0.15, 0.2) is 47.9 Å². The van der Waals surface area contributed by atoms with E-state index in [2.05, 4.69) is 16.9 Å². The molecular formula is C20H17Cl2FN4O2. The summed E-state index contributed by atoms with van der Waals surface area (Å²) in [6, 6.07) is 11.3. The van der Waals surface area contributed by atoms with E-state index in [1.54, 1.807) is 24.3 Å². The van der Waals surface area contributed by atoms with Gasteiger partial charge in [-0.3, -0.25) is 0 Å². The Morgan fingerprint density at radius 1 is 1.21 bits per heavy atom. The van der Waals surface area contributed by atoms with Gasteiger partial charge >= 0.3 is 0 Å². The number of hydrogen-bond acceptors (Lipinski definition) is 6. The van der Waals surface area contributed by atoms with Gasteiger partial charge in [-0.25, -0.2) is 15.2 Å². The molecule has 4 N–H and O–H groups in total. The van der Waals surface area contributed by atoms with Gasteiger partial charge < -0.3 is 15.2 Å². The van der Waals surface area contributed by atoms with E-state index in [0.717, 1.165) is 5.56 Å². The summed E-state index contributed by atoms with van der Waals surface area (Å²) in [7, 11) is 1.50. The molecule has 0 radical (unpaired) electrons. The third-order valence-electron chi connectivity index (χ3n) is 5.26. The van der Waals surface area contributed by atoms with Crippen LogP contribution in [-0.2, 0) is 4.74 Å². The lowest BCUT2D eigenvalue weighted by atomic mass is 9.74. The van der Waals surface area contributed by atoms with Gasteiger partial charge in [0.25, 0.3) is 0 Å². The van der Waals surface area contributed by atoms with E-state index in [-0.39, 0.29) is 29.2 Å². The highest BCUT2D eigenvalue weighted by molar-refractivity contribution is 6.35. The number of halogens is 3. The SMILES string of the molecule is COc1c(Cl)cc(Cl)cc1C1C(C#N)=C(N)OC2NNC(c3ccc(F)cc3)C21. The number of fused-ring (bicyclic) bond motifs is 1. The van der Waals surface area contributed by atoms with Crippen LogP contribution in [0, 0.1) is 23.1 Å². The number of rotatable bonds is 3. The molecule has 150 valence electrons. The highest BCUT2D eigenvalue weighted by Crippen LogP contribution is 2.51. The molecular weight excluding hydrogens is 418 g/mol. The molecule has 1 fully saturated rings. The molecule has 4 rings (SSSR count). The molecule has 0 saturated carbocycles. The van der Waals surface area contributed by atoms with Gasteiger partial charge in [0.1, 0.15) is 17.6 Å². The van der Waals surface area contributed by atoms with Crippen molar-refractivity contribution < 1.29 is 13.9 Å². The van der Waals surface area contributed by atoms with Gasteiger partial charge in [-0.15, -0.1) is 0 Å². The van der Waals surface area contributed by atoms with Crippen LogP contribution in [0.5, 0.6) is 5.75 Å². The smallest absolute Gasteiger partial charge is 0.200 e. The second kappa shape index (κ2) is 7.73. The molecule has 1 saturated heterocycles. The van der Waals surface area contributed by atoms with Crippen molar-refractivity contribution in [2.24, 2.45) is 11.7 Å². The Morgan fingerprint density at radius 2 is 1.93 bits per heavy atom. The van der Waals surface area contributed by atoms with Crippen molar-refractivity contribution in [1.29, 1.82) is 5.26 Å². The van der Waals surface area contributed by atoms with E-state index < -0.39 is 12.1 Å². The lowest BCUT2D eigenvalue weighted by Crippen LogP contribution is -2.41. The second-order valence-corrected chi connectivity index (χ2v) is 7.65. The van der Waals surface area contributed by atoms with Crippen LogP contribution < -0.4 is 21.3 Å². The van der Waals surface area contributed by atoms with E-state index in [1.807, 2.05) is 0 Å². The fourth-order valence-corrected chi connectivity index (χ4v) is 4.64. The number of benzene rings is 2. The van der Waals surface area contributed by atoms with Gasteiger partial charge in [0.2, 0.25) is 5.88 Å². The highest BCUT2D eigenvalue weighted by Gasteiger charge is 2.50. The summed E-state index contributed by atoms with van der Waals surface area (Å²) in [5, 5.41) is 10.6. The first kappa shape index (κ1) is 19.8. The first-order chi connectivity index (χ1) is 13.9. The van der Waals surface area contributed by atoms with Gasteiger partial charge in [-0.1, -0.05) is 35.3 Å². The summed E-state index contributed by atoms with van der Waals surface area (Å²) in [5.74, 6) is -0.746. The van der Waals surface area contributed by atoms with Gasteiger partial charge in [0, 0.05) is 22.4 Å². The van der Waals surface area contributed by atoms with Gasteiger partial charge in [-0.2, -0.15) is 5.26 Å². The van der Waals surface area contributed by atoms with Crippen LogP contribution >= 0.6 is 23.2 Å². The molecule has 2 aromatic rings. The molecule has 29 heavy (non-hydrogen) atoms. The standard InChI is InChI=1S/C20H17Cl2FN4O2/c1-28-18-12(6-10(21)7-14(18)22)15-13(8-24)19(25)29-20-16(15)17(26-27-20)9-2-4-11(23)5-3-9/h2-7,15-17,20,26-27H,25H2,1H3. The highest BCUT2D eigenvalue weighted by atomic mass is 35.5. The molecule has 6 nitrogen and oxygen atoms in total. The molecule has 0 aromatic heterocycles. The van der Waals surface area contributed by atoms with Crippen LogP contribution in [0.2, 0.25) is 10.0 Å². The number of ether oxygens (including phenoxy) is 2. The number of hydrazine groups is 1. The van der Waals surface area contributed by atoms with Crippen LogP contribution in [0.25, 0.3) is 0 Å². The average molecular weight is 435 g/mol. The summed E-state index contributed by atoms with van der Waals surface area (Å²) in [6.45, 7) is 0. The minimum absolute atomic E-state index is 0.0194. The number of allylic oxidation sites excluding steroid dienone is 1. The summed E-state index contributed by atoms with van der Waals surface area (Å²) >= 11 is 12.6. The Morgan fingerprint density at radius 3 is 2.59 bits per heavy atom. The molecule has 2 aromatic carbocycles. The Bertz CT molecular complexity index is 1020. The number of nitrogens with zero attached hydrogens (tertiary/aromatic N) is 1. The zero-order valence-corrected chi connectivity index (χ0v) is 16.8. The summed E-state index contributed by atoms with van der Waals surface area (Å²) in [5.41, 5.74) is 14.0. The second-order valence-electron chi connectivity index (χ2n) is 6.81. The molecule has 4 atom stereocenters. The van der Waals surface area contributed by atoms with Gasteiger partial charge in [-0.05, 0) is 29.8 Å². The van der Waals surface area contributed by atoms with Gasteiger partial charge in [0.05, 0.1) is 23.7 Å². The molecule has 0 amide bonds.